The maximum atomic E-state index is 6.26. The molecule has 0 saturated heterocycles. The molecule has 0 radical (unpaired) electrons. The van der Waals surface area contributed by atoms with Crippen LogP contribution in [0.3, 0.4) is 0 Å². The molecule has 192 valence electrons. The second-order valence-corrected chi connectivity index (χ2v) is 10.4. The molecule has 0 N–H and O–H groups in total. The van der Waals surface area contributed by atoms with Gasteiger partial charge in [-0.2, -0.15) is 4.98 Å². The molecule has 9 rings (SSSR count). The van der Waals surface area contributed by atoms with E-state index in [2.05, 4.69) is 130 Å². The zero-order chi connectivity index (χ0) is 26.9. The van der Waals surface area contributed by atoms with E-state index < -0.39 is 0 Å². The van der Waals surface area contributed by atoms with Crippen molar-refractivity contribution in [3.63, 3.8) is 0 Å². The van der Waals surface area contributed by atoms with Crippen molar-refractivity contribution in [2.24, 2.45) is 0 Å². The van der Waals surface area contributed by atoms with Crippen LogP contribution in [-0.2, 0) is 0 Å². The molecule has 4 heteroatoms. The van der Waals surface area contributed by atoms with Crippen molar-refractivity contribution >= 4 is 49.5 Å². The van der Waals surface area contributed by atoms with Gasteiger partial charge in [-0.3, -0.25) is 4.40 Å². The molecule has 41 heavy (non-hydrogen) atoms. The number of para-hydroxylation sites is 4. The summed E-state index contributed by atoms with van der Waals surface area (Å²) in [5.41, 5.74) is 9.45. The smallest absolute Gasteiger partial charge is 0.307 e. The number of fused-ring (bicyclic) bond motifs is 7. The summed E-state index contributed by atoms with van der Waals surface area (Å²) in [5, 5.41) is 4.87. The van der Waals surface area contributed by atoms with Crippen molar-refractivity contribution in [2.45, 2.75) is 0 Å². The Morgan fingerprint density at radius 2 is 1.12 bits per heavy atom. The van der Waals surface area contributed by atoms with E-state index in [1.54, 1.807) is 0 Å². The third-order valence-electron chi connectivity index (χ3n) is 8.18. The van der Waals surface area contributed by atoms with Gasteiger partial charge in [0, 0.05) is 27.6 Å². The fourth-order valence-corrected chi connectivity index (χ4v) is 6.37. The fourth-order valence-electron chi connectivity index (χ4n) is 6.37. The molecule has 3 heterocycles. The minimum absolute atomic E-state index is 0.593. The molecule has 0 saturated carbocycles. The highest BCUT2D eigenvalue weighted by Gasteiger charge is 2.22. The number of rotatable bonds is 3. The van der Waals surface area contributed by atoms with Gasteiger partial charge in [-0.25, -0.2) is 0 Å². The number of nitrogens with zero attached hydrogens (tertiary/aromatic N) is 3. The van der Waals surface area contributed by atoms with Crippen molar-refractivity contribution in [1.29, 1.82) is 0 Å². The first-order valence-corrected chi connectivity index (χ1v) is 13.8. The Balaban J connectivity index is 1.30. The summed E-state index contributed by atoms with van der Waals surface area (Å²) < 4.78 is 10.8. The van der Waals surface area contributed by atoms with E-state index >= 15 is 0 Å². The van der Waals surface area contributed by atoms with Gasteiger partial charge >= 0.3 is 5.84 Å². The van der Waals surface area contributed by atoms with Crippen LogP contribution in [0.25, 0.3) is 77.7 Å². The van der Waals surface area contributed by atoms with E-state index in [0.717, 1.165) is 39.3 Å². The zero-order valence-electron chi connectivity index (χ0n) is 22.0. The zero-order valence-corrected chi connectivity index (χ0v) is 22.0. The minimum Gasteiger partial charge on any atom is -0.423 e. The predicted octanol–water partition coefficient (Wildman–Crippen LogP) is 9.66. The Hall–Kier alpha value is -5.61. The van der Waals surface area contributed by atoms with Crippen LogP contribution in [0.1, 0.15) is 0 Å². The number of hydrogen-bond donors (Lipinski definition) is 0. The summed E-state index contributed by atoms with van der Waals surface area (Å²) in [7, 11) is 0. The lowest BCUT2D eigenvalue weighted by Gasteiger charge is -2.11. The summed E-state index contributed by atoms with van der Waals surface area (Å²) in [6.07, 6.45) is 0. The van der Waals surface area contributed by atoms with Gasteiger partial charge in [0.2, 0.25) is 0 Å². The molecule has 0 fully saturated rings. The van der Waals surface area contributed by atoms with Crippen molar-refractivity contribution < 1.29 is 4.42 Å². The summed E-state index contributed by atoms with van der Waals surface area (Å²) >= 11 is 0. The van der Waals surface area contributed by atoms with E-state index in [-0.39, 0.29) is 0 Å². The van der Waals surface area contributed by atoms with Crippen LogP contribution >= 0.6 is 0 Å². The van der Waals surface area contributed by atoms with Crippen LogP contribution < -0.4 is 0 Å². The van der Waals surface area contributed by atoms with Gasteiger partial charge in [-0.1, -0.05) is 103 Å². The summed E-state index contributed by atoms with van der Waals surface area (Å²) in [5.74, 6) is 0.593. The molecule has 0 aliphatic carbocycles. The van der Waals surface area contributed by atoms with Crippen LogP contribution in [0.5, 0.6) is 0 Å². The van der Waals surface area contributed by atoms with E-state index in [0.29, 0.717) is 5.84 Å². The number of aromatic nitrogens is 3. The van der Waals surface area contributed by atoms with E-state index in [1.165, 1.54) is 32.6 Å². The lowest BCUT2D eigenvalue weighted by atomic mass is 9.98. The lowest BCUT2D eigenvalue weighted by molar-refractivity contribution is 0.642. The maximum Gasteiger partial charge on any atom is 0.307 e. The summed E-state index contributed by atoms with van der Waals surface area (Å²) in [4.78, 5) is 5.09. The first kappa shape index (κ1) is 22.2. The van der Waals surface area contributed by atoms with E-state index in [1.807, 2.05) is 18.2 Å². The first-order valence-electron chi connectivity index (χ1n) is 13.8. The molecule has 0 bridgehead atoms. The van der Waals surface area contributed by atoms with Crippen LogP contribution in [-0.4, -0.2) is 14.0 Å². The summed E-state index contributed by atoms with van der Waals surface area (Å²) in [6, 6.07) is 49.1. The van der Waals surface area contributed by atoms with Crippen molar-refractivity contribution in [3.05, 3.63) is 140 Å². The maximum absolute atomic E-state index is 6.26. The number of imidazole rings is 1. The second-order valence-electron chi connectivity index (χ2n) is 10.4. The number of hydrogen-bond acceptors (Lipinski definition) is 2. The van der Waals surface area contributed by atoms with Crippen molar-refractivity contribution in [1.82, 2.24) is 14.0 Å². The fraction of sp³-hybridized carbons (Fsp3) is 0. The van der Waals surface area contributed by atoms with Crippen LogP contribution in [0.4, 0.5) is 0 Å². The molecule has 0 aliphatic rings. The Morgan fingerprint density at radius 3 is 1.88 bits per heavy atom. The van der Waals surface area contributed by atoms with Gasteiger partial charge in [-0.15, -0.1) is 0 Å². The van der Waals surface area contributed by atoms with Gasteiger partial charge in [-0.05, 0) is 47.2 Å². The molecule has 3 aromatic heterocycles. The SMILES string of the molecule is c1ccc2c(-c3nc4oc5ccccc5n4c3-c3ccc(-n4c5ccccc5c5ccccc54)cc3)cccc2c1. The average Bonchev–Trinajstić information content (AvgIpc) is 3.69. The van der Waals surface area contributed by atoms with Crippen molar-refractivity contribution in [3.8, 4) is 28.2 Å². The van der Waals surface area contributed by atoms with Gasteiger partial charge in [0.1, 0.15) is 5.69 Å². The molecule has 9 aromatic rings. The van der Waals surface area contributed by atoms with Crippen LogP contribution in [0.2, 0.25) is 0 Å². The Kier molecular flexibility index (Phi) is 4.58. The average molecular weight is 526 g/mol. The molecular formula is C37H23N3O. The predicted molar refractivity (Wildman–Crippen MR) is 168 cm³/mol. The van der Waals surface area contributed by atoms with Gasteiger partial charge in [0.15, 0.2) is 5.58 Å². The highest BCUT2D eigenvalue weighted by atomic mass is 16.4. The van der Waals surface area contributed by atoms with E-state index in [9.17, 15) is 0 Å². The molecule has 0 amide bonds. The summed E-state index contributed by atoms with van der Waals surface area (Å²) in [6.45, 7) is 0. The third kappa shape index (κ3) is 3.19. The van der Waals surface area contributed by atoms with E-state index in [4.69, 9.17) is 9.40 Å². The number of benzene rings is 6. The Labute approximate surface area is 235 Å². The molecule has 4 nitrogen and oxygen atoms in total. The molecule has 6 aromatic carbocycles. The molecule has 0 unspecified atom stereocenters. The topological polar surface area (TPSA) is 35.4 Å². The quantitative estimate of drug-likeness (QED) is 0.230. The van der Waals surface area contributed by atoms with Gasteiger partial charge in [0.05, 0.1) is 22.2 Å². The van der Waals surface area contributed by atoms with Gasteiger partial charge in [0.25, 0.3) is 0 Å². The molecular weight excluding hydrogens is 502 g/mol. The normalized spacial score (nSPS) is 11.9. The monoisotopic (exact) mass is 525 g/mol. The van der Waals surface area contributed by atoms with Gasteiger partial charge < -0.3 is 8.98 Å². The first-order chi connectivity index (χ1) is 20.3. The standard InChI is InChI=1S/C37H23N3O/c1-2-12-27-24(10-1)11-9-15-30(27)35-36(40-33-18-7-8-19-34(33)41-37(40)38-35)25-20-22-26(23-21-25)39-31-16-5-3-13-28(31)29-14-4-6-17-32(29)39/h1-23H. The van der Waals surface area contributed by atoms with Crippen molar-refractivity contribution in [2.75, 3.05) is 0 Å². The van der Waals surface area contributed by atoms with Crippen LogP contribution in [0.15, 0.2) is 144 Å². The highest BCUT2D eigenvalue weighted by molar-refractivity contribution is 6.09. The Morgan fingerprint density at radius 1 is 0.512 bits per heavy atom. The minimum atomic E-state index is 0.593. The number of oxazole rings is 1. The third-order valence-corrected chi connectivity index (χ3v) is 8.18. The molecule has 0 spiro atoms. The Bertz CT molecular complexity index is 2360. The second kappa shape index (κ2) is 8.44. The van der Waals surface area contributed by atoms with Crippen LogP contribution in [0, 0.1) is 0 Å². The highest BCUT2D eigenvalue weighted by Crippen LogP contribution is 2.40. The largest absolute Gasteiger partial charge is 0.423 e. The molecule has 0 atom stereocenters. The lowest BCUT2D eigenvalue weighted by Crippen LogP contribution is -1.95. The molecule has 0 aliphatic heterocycles.